The summed E-state index contributed by atoms with van der Waals surface area (Å²) in [4.78, 5) is 19.7. The zero-order chi connectivity index (χ0) is 20.4. The molecule has 0 atom stereocenters. The van der Waals surface area contributed by atoms with Crippen LogP contribution in [-0.2, 0) is 0 Å². The topological polar surface area (TPSA) is 45.2 Å². The fraction of sp³-hybridized carbons (Fsp3) is 0.167. The summed E-state index contributed by atoms with van der Waals surface area (Å²) < 4.78 is 13.4. The average molecular weight is 387 g/mol. The van der Waals surface area contributed by atoms with Crippen molar-refractivity contribution in [2.45, 2.75) is 0 Å². The van der Waals surface area contributed by atoms with Gasteiger partial charge in [0, 0.05) is 29.4 Å². The molecule has 0 saturated heterocycles. The lowest BCUT2D eigenvalue weighted by atomic mass is 9.98. The highest BCUT2D eigenvalue weighted by molar-refractivity contribution is 6.16. The van der Waals surface area contributed by atoms with Crippen LogP contribution in [0.4, 0.5) is 4.39 Å². The first kappa shape index (κ1) is 19.0. The Morgan fingerprint density at radius 3 is 2.34 bits per heavy atom. The summed E-state index contributed by atoms with van der Waals surface area (Å²) >= 11 is 0. The van der Waals surface area contributed by atoms with Gasteiger partial charge in [-0.3, -0.25) is 4.79 Å². The van der Waals surface area contributed by atoms with Gasteiger partial charge in [-0.05, 0) is 49.8 Å². The third kappa shape index (κ3) is 3.82. The second-order valence-electron chi connectivity index (χ2n) is 7.27. The second kappa shape index (κ2) is 7.97. The van der Waals surface area contributed by atoms with E-state index in [1.54, 1.807) is 18.2 Å². The molecule has 0 radical (unpaired) electrons. The van der Waals surface area contributed by atoms with E-state index in [9.17, 15) is 9.18 Å². The van der Waals surface area contributed by atoms with Gasteiger partial charge < -0.3 is 10.2 Å². The smallest absolute Gasteiger partial charge is 0.253 e. The number of fused-ring (bicyclic) bond motifs is 3. The number of aromatic nitrogens is 1. The van der Waals surface area contributed by atoms with Crippen LogP contribution in [-0.4, -0.2) is 43.0 Å². The van der Waals surface area contributed by atoms with Gasteiger partial charge in [-0.1, -0.05) is 36.4 Å². The van der Waals surface area contributed by atoms with E-state index in [4.69, 9.17) is 4.98 Å². The summed E-state index contributed by atoms with van der Waals surface area (Å²) in [7, 11) is 3.93. The quantitative estimate of drug-likeness (QED) is 0.514. The molecule has 0 saturated carbocycles. The Balaban J connectivity index is 1.89. The van der Waals surface area contributed by atoms with E-state index in [2.05, 4.69) is 5.32 Å². The fourth-order valence-electron chi connectivity index (χ4n) is 3.48. The van der Waals surface area contributed by atoms with Crippen molar-refractivity contribution in [1.82, 2.24) is 15.2 Å². The molecule has 4 nitrogen and oxygen atoms in total. The number of carbonyl (C=O) groups excluding carboxylic acids is 1. The van der Waals surface area contributed by atoms with E-state index in [1.807, 2.05) is 55.4 Å². The molecule has 0 aliphatic heterocycles. The summed E-state index contributed by atoms with van der Waals surface area (Å²) in [5.74, 6) is -0.440. The molecule has 0 unspecified atom stereocenters. The van der Waals surface area contributed by atoms with Gasteiger partial charge in [0.05, 0.1) is 16.8 Å². The summed E-state index contributed by atoms with van der Waals surface area (Å²) in [6.07, 6.45) is 0. The van der Waals surface area contributed by atoms with E-state index in [0.717, 1.165) is 34.0 Å². The minimum Gasteiger partial charge on any atom is -0.351 e. The molecule has 0 bridgehead atoms. The fourth-order valence-corrected chi connectivity index (χ4v) is 3.48. The summed E-state index contributed by atoms with van der Waals surface area (Å²) in [5, 5.41) is 5.87. The molecule has 1 N–H and O–H groups in total. The van der Waals surface area contributed by atoms with E-state index < -0.39 is 0 Å². The molecule has 1 heterocycles. The van der Waals surface area contributed by atoms with Crippen LogP contribution in [0, 0.1) is 5.82 Å². The average Bonchev–Trinajstić information content (AvgIpc) is 2.73. The molecule has 4 aromatic rings. The Morgan fingerprint density at radius 2 is 1.62 bits per heavy atom. The Morgan fingerprint density at radius 1 is 0.931 bits per heavy atom. The number of nitrogens with zero attached hydrogens (tertiary/aromatic N) is 2. The zero-order valence-electron chi connectivity index (χ0n) is 16.4. The molecule has 1 amide bonds. The number of rotatable bonds is 5. The molecular weight excluding hydrogens is 365 g/mol. The highest BCUT2D eigenvalue weighted by atomic mass is 19.1. The van der Waals surface area contributed by atoms with Crippen LogP contribution in [0.1, 0.15) is 10.4 Å². The van der Waals surface area contributed by atoms with Gasteiger partial charge in [0.1, 0.15) is 5.82 Å². The molecule has 0 aliphatic rings. The van der Waals surface area contributed by atoms with E-state index >= 15 is 0 Å². The van der Waals surface area contributed by atoms with Crippen molar-refractivity contribution in [3.8, 4) is 11.3 Å². The van der Waals surface area contributed by atoms with Crippen LogP contribution in [0.3, 0.4) is 0 Å². The predicted molar refractivity (Wildman–Crippen MR) is 116 cm³/mol. The monoisotopic (exact) mass is 387 g/mol. The number of pyridine rings is 1. The Kier molecular flexibility index (Phi) is 5.23. The molecule has 4 rings (SSSR count). The number of halogens is 1. The van der Waals surface area contributed by atoms with Crippen molar-refractivity contribution < 1.29 is 9.18 Å². The minimum atomic E-state index is -0.292. The third-order valence-corrected chi connectivity index (χ3v) is 4.94. The summed E-state index contributed by atoms with van der Waals surface area (Å²) in [6.45, 7) is 1.31. The molecule has 29 heavy (non-hydrogen) atoms. The van der Waals surface area contributed by atoms with Crippen LogP contribution in [0.15, 0.2) is 66.7 Å². The van der Waals surface area contributed by atoms with Gasteiger partial charge >= 0.3 is 0 Å². The number of likely N-dealkylation sites (N-methyl/N-ethyl adjacent to an activating group) is 1. The van der Waals surface area contributed by atoms with Crippen molar-refractivity contribution in [3.63, 3.8) is 0 Å². The second-order valence-corrected chi connectivity index (χ2v) is 7.27. The lowest BCUT2D eigenvalue weighted by molar-refractivity contribution is 0.0952. The van der Waals surface area contributed by atoms with E-state index in [1.165, 1.54) is 12.1 Å². The number of carbonyl (C=O) groups is 1. The number of para-hydroxylation sites is 1. The maximum atomic E-state index is 13.4. The van der Waals surface area contributed by atoms with Crippen LogP contribution < -0.4 is 5.32 Å². The van der Waals surface area contributed by atoms with Gasteiger partial charge in [0.15, 0.2) is 0 Å². The van der Waals surface area contributed by atoms with Gasteiger partial charge in [0.2, 0.25) is 0 Å². The predicted octanol–water partition coefficient (Wildman–Crippen LogP) is 4.49. The molecule has 5 heteroatoms. The van der Waals surface area contributed by atoms with Crippen LogP contribution in [0.2, 0.25) is 0 Å². The normalized spacial score (nSPS) is 11.3. The first-order chi connectivity index (χ1) is 14.0. The van der Waals surface area contributed by atoms with Crippen LogP contribution in [0.5, 0.6) is 0 Å². The molecule has 0 aliphatic carbocycles. The first-order valence-corrected chi connectivity index (χ1v) is 9.55. The zero-order valence-corrected chi connectivity index (χ0v) is 16.4. The number of benzene rings is 3. The summed E-state index contributed by atoms with van der Waals surface area (Å²) in [6, 6.07) is 19.9. The van der Waals surface area contributed by atoms with Crippen molar-refractivity contribution in [3.05, 3.63) is 78.1 Å². The number of hydrogen-bond donors (Lipinski definition) is 1. The van der Waals surface area contributed by atoms with Gasteiger partial charge in [0.25, 0.3) is 5.91 Å². The molecule has 3 aromatic carbocycles. The van der Waals surface area contributed by atoms with Crippen LogP contribution in [0.25, 0.3) is 32.9 Å². The first-order valence-electron chi connectivity index (χ1n) is 9.55. The van der Waals surface area contributed by atoms with Crippen molar-refractivity contribution in [1.29, 1.82) is 0 Å². The van der Waals surface area contributed by atoms with Gasteiger partial charge in [-0.25, -0.2) is 9.37 Å². The molecular formula is C24H22FN3O. The highest BCUT2D eigenvalue weighted by Crippen LogP contribution is 2.33. The molecule has 0 spiro atoms. The SMILES string of the molecule is CN(C)CCNC(=O)c1cccc2c1nc(-c1ccc(F)cc1)c1ccccc12. The maximum Gasteiger partial charge on any atom is 0.253 e. The molecule has 1 aromatic heterocycles. The third-order valence-electron chi connectivity index (χ3n) is 4.94. The Bertz CT molecular complexity index is 1190. The Labute approximate surface area is 169 Å². The van der Waals surface area contributed by atoms with Crippen molar-refractivity contribution in [2.24, 2.45) is 0 Å². The van der Waals surface area contributed by atoms with Gasteiger partial charge in [-0.2, -0.15) is 0 Å². The van der Waals surface area contributed by atoms with E-state index in [0.29, 0.717) is 17.6 Å². The van der Waals surface area contributed by atoms with E-state index in [-0.39, 0.29) is 11.7 Å². The Hall–Kier alpha value is -3.31. The maximum absolute atomic E-state index is 13.4. The lowest BCUT2D eigenvalue weighted by Gasteiger charge is -2.14. The largest absolute Gasteiger partial charge is 0.351 e. The van der Waals surface area contributed by atoms with Gasteiger partial charge in [-0.15, -0.1) is 0 Å². The number of amides is 1. The summed E-state index contributed by atoms with van der Waals surface area (Å²) in [5.41, 5.74) is 2.73. The van der Waals surface area contributed by atoms with Crippen molar-refractivity contribution >= 4 is 27.6 Å². The molecule has 0 fully saturated rings. The number of hydrogen-bond acceptors (Lipinski definition) is 3. The highest BCUT2D eigenvalue weighted by Gasteiger charge is 2.16. The molecule has 146 valence electrons. The van der Waals surface area contributed by atoms with Crippen molar-refractivity contribution in [2.75, 3.05) is 27.2 Å². The minimum absolute atomic E-state index is 0.148. The number of nitrogens with one attached hydrogen (secondary N) is 1. The lowest BCUT2D eigenvalue weighted by Crippen LogP contribution is -2.31. The standard InChI is InChI=1S/C24H22FN3O/c1-28(2)15-14-26-24(29)21-9-5-8-20-18-6-3-4-7-19(18)22(27-23(20)21)16-10-12-17(25)13-11-16/h3-13H,14-15H2,1-2H3,(H,26,29). The van der Waals surface area contributed by atoms with Crippen LogP contribution >= 0.6 is 0 Å².